The molecule has 1 aliphatic rings. The Labute approximate surface area is 117 Å². The van der Waals surface area contributed by atoms with Crippen molar-refractivity contribution in [2.24, 2.45) is 0 Å². The van der Waals surface area contributed by atoms with Crippen molar-refractivity contribution in [1.29, 1.82) is 0 Å². The lowest BCUT2D eigenvalue weighted by molar-refractivity contribution is 0.413. The highest BCUT2D eigenvalue weighted by molar-refractivity contribution is 6.31. The molecular formula is C15H15ClN2O. The van der Waals surface area contributed by atoms with Gasteiger partial charge in [-0.25, -0.2) is 9.97 Å². The minimum Gasteiger partial charge on any atom is -0.491 e. The van der Waals surface area contributed by atoms with Crippen LogP contribution in [0.4, 0.5) is 0 Å². The van der Waals surface area contributed by atoms with Crippen LogP contribution in [0.25, 0.3) is 11.3 Å². The molecule has 0 aliphatic heterocycles. The van der Waals surface area contributed by atoms with Crippen LogP contribution in [0.3, 0.4) is 0 Å². The number of halogens is 1. The van der Waals surface area contributed by atoms with Crippen LogP contribution in [0.2, 0.25) is 5.15 Å². The molecule has 0 amide bonds. The van der Waals surface area contributed by atoms with Crippen LogP contribution in [0.5, 0.6) is 5.75 Å². The number of ether oxygens (including phenoxy) is 1. The van der Waals surface area contributed by atoms with Gasteiger partial charge < -0.3 is 4.74 Å². The van der Waals surface area contributed by atoms with Gasteiger partial charge in [0.1, 0.15) is 12.0 Å². The highest BCUT2D eigenvalue weighted by Gasteiger charge is 2.19. The summed E-state index contributed by atoms with van der Waals surface area (Å²) in [5, 5.41) is 0.343. The van der Waals surface area contributed by atoms with Gasteiger partial charge in [0.05, 0.1) is 7.11 Å². The average molecular weight is 275 g/mol. The van der Waals surface area contributed by atoms with Gasteiger partial charge in [-0.3, -0.25) is 0 Å². The van der Waals surface area contributed by atoms with Crippen LogP contribution in [-0.4, -0.2) is 17.1 Å². The molecule has 1 saturated carbocycles. The van der Waals surface area contributed by atoms with E-state index in [0.29, 0.717) is 10.9 Å². The monoisotopic (exact) mass is 274 g/mol. The summed E-state index contributed by atoms with van der Waals surface area (Å²) in [6.45, 7) is 0. The molecule has 4 heteroatoms. The van der Waals surface area contributed by atoms with Gasteiger partial charge in [-0.2, -0.15) is 0 Å². The van der Waals surface area contributed by atoms with Gasteiger partial charge in [-0.05, 0) is 24.3 Å². The summed E-state index contributed by atoms with van der Waals surface area (Å²) in [5.41, 5.74) is 3.15. The van der Waals surface area contributed by atoms with Crippen molar-refractivity contribution in [2.45, 2.75) is 25.2 Å². The van der Waals surface area contributed by atoms with E-state index < -0.39 is 0 Å². The normalized spacial score (nSPS) is 15.1. The highest BCUT2D eigenvalue weighted by Crippen LogP contribution is 2.38. The van der Waals surface area contributed by atoms with E-state index >= 15 is 0 Å². The fraction of sp³-hybridized carbons (Fsp3) is 0.333. The Hall–Kier alpha value is -1.61. The smallest absolute Gasteiger partial charge is 0.182 e. The topological polar surface area (TPSA) is 35.0 Å². The Morgan fingerprint density at radius 2 is 1.89 bits per heavy atom. The van der Waals surface area contributed by atoms with Crippen molar-refractivity contribution in [2.75, 3.05) is 7.11 Å². The van der Waals surface area contributed by atoms with E-state index in [-0.39, 0.29) is 0 Å². The molecule has 1 heterocycles. The van der Waals surface area contributed by atoms with Crippen LogP contribution in [0.15, 0.2) is 30.6 Å². The van der Waals surface area contributed by atoms with Crippen molar-refractivity contribution in [3.8, 4) is 17.0 Å². The first-order chi connectivity index (χ1) is 9.29. The molecule has 1 aromatic heterocycles. The van der Waals surface area contributed by atoms with Gasteiger partial charge in [0, 0.05) is 5.56 Å². The average Bonchev–Trinajstić information content (AvgIpc) is 2.37. The van der Waals surface area contributed by atoms with E-state index in [9.17, 15) is 0 Å². The third kappa shape index (κ3) is 2.30. The zero-order chi connectivity index (χ0) is 13.2. The Balaban J connectivity index is 1.95. The SMILES string of the molecule is COc1c(Cl)ncnc1-c1ccc(C2CCC2)cc1. The van der Waals surface area contributed by atoms with E-state index in [2.05, 4.69) is 34.2 Å². The molecule has 1 aliphatic carbocycles. The van der Waals surface area contributed by atoms with Crippen LogP contribution >= 0.6 is 11.6 Å². The van der Waals surface area contributed by atoms with Crippen molar-refractivity contribution >= 4 is 11.6 Å². The second kappa shape index (κ2) is 5.17. The third-order valence-corrected chi connectivity index (χ3v) is 3.99. The predicted molar refractivity (Wildman–Crippen MR) is 75.6 cm³/mol. The maximum Gasteiger partial charge on any atom is 0.182 e. The first kappa shape index (κ1) is 12.4. The van der Waals surface area contributed by atoms with Gasteiger partial charge in [0.2, 0.25) is 0 Å². The molecule has 0 saturated heterocycles. The first-order valence-corrected chi connectivity index (χ1v) is 6.82. The second-order valence-electron chi connectivity index (χ2n) is 4.80. The predicted octanol–water partition coefficient (Wildman–Crippen LogP) is 4.07. The lowest BCUT2D eigenvalue weighted by Gasteiger charge is -2.25. The van der Waals surface area contributed by atoms with Crippen molar-refractivity contribution in [3.63, 3.8) is 0 Å². The van der Waals surface area contributed by atoms with Gasteiger partial charge in [0.15, 0.2) is 10.9 Å². The number of hydrogen-bond donors (Lipinski definition) is 0. The van der Waals surface area contributed by atoms with Gasteiger partial charge in [-0.1, -0.05) is 42.3 Å². The maximum atomic E-state index is 6.02. The highest BCUT2D eigenvalue weighted by atomic mass is 35.5. The van der Waals surface area contributed by atoms with E-state index in [1.165, 1.54) is 31.2 Å². The standard InChI is InChI=1S/C15H15ClN2O/c1-19-14-13(17-9-18-15(14)16)12-7-5-11(6-8-12)10-3-2-4-10/h5-10H,2-4H2,1H3. The molecule has 0 spiro atoms. The molecule has 2 aromatic rings. The summed E-state index contributed by atoms with van der Waals surface area (Å²) in [4.78, 5) is 8.20. The number of benzene rings is 1. The summed E-state index contributed by atoms with van der Waals surface area (Å²) in [5.74, 6) is 1.27. The summed E-state index contributed by atoms with van der Waals surface area (Å²) < 4.78 is 5.28. The molecule has 19 heavy (non-hydrogen) atoms. The van der Waals surface area contributed by atoms with E-state index in [0.717, 1.165) is 17.2 Å². The number of rotatable bonds is 3. The zero-order valence-corrected chi connectivity index (χ0v) is 11.5. The summed E-state index contributed by atoms with van der Waals surface area (Å²) >= 11 is 6.02. The minimum atomic E-state index is 0.343. The lowest BCUT2D eigenvalue weighted by atomic mass is 9.80. The van der Waals surface area contributed by atoms with Crippen LogP contribution in [0.1, 0.15) is 30.7 Å². The van der Waals surface area contributed by atoms with Crippen molar-refractivity contribution in [1.82, 2.24) is 9.97 Å². The first-order valence-electron chi connectivity index (χ1n) is 6.44. The molecule has 3 nitrogen and oxygen atoms in total. The van der Waals surface area contributed by atoms with Crippen molar-refractivity contribution in [3.05, 3.63) is 41.3 Å². The summed E-state index contributed by atoms with van der Waals surface area (Å²) in [6, 6.07) is 8.51. The number of methoxy groups -OCH3 is 1. The molecule has 1 aromatic carbocycles. The Morgan fingerprint density at radius 3 is 2.47 bits per heavy atom. The molecule has 0 radical (unpaired) electrons. The lowest BCUT2D eigenvalue weighted by Crippen LogP contribution is -2.08. The Morgan fingerprint density at radius 1 is 1.16 bits per heavy atom. The minimum absolute atomic E-state index is 0.343. The van der Waals surface area contributed by atoms with Crippen LogP contribution in [0, 0.1) is 0 Å². The van der Waals surface area contributed by atoms with Crippen LogP contribution < -0.4 is 4.74 Å². The third-order valence-electron chi connectivity index (χ3n) is 3.73. The Bertz CT molecular complexity index is 579. The van der Waals surface area contributed by atoms with E-state index in [1.54, 1.807) is 7.11 Å². The fourth-order valence-corrected chi connectivity index (χ4v) is 2.60. The molecular weight excluding hydrogens is 260 g/mol. The maximum absolute atomic E-state index is 6.02. The van der Waals surface area contributed by atoms with Crippen LogP contribution in [-0.2, 0) is 0 Å². The van der Waals surface area contributed by atoms with E-state index in [1.807, 2.05) is 0 Å². The molecule has 98 valence electrons. The molecule has 0 N–H and O–H groups in total. The second-order valence-corrected chi connectivity index (χ2v) is 5.15. The summed E-state index contributed by atoms with van der Waals surface area (Å²) in [6.07, 6.45) is 5.42. The largest absolute Gasteiger partial charge is 0.491 e. The molecule has 1 fully saturated rings. The van der Waals surface area contributed by atoms with E-state index in [4.69, 9.17) is 16.3 Å². The van der Waals surface area contributed by atoms with Gasteiger partial charge in [0.25, 0.3) is 0 Å². The zero-order valence-electron chi connectivity index (χ0n) is 10.8. The van der Waals surface area contributed by atoms with Crippen molar-refractivity contribution < 1.29 is 4.74 Å². The molecule has 3 rings (SSSR count). The number of hydrogen-bond acceptors (Lipinski definition) is 3. The number of nitrogens with zero attached hydrogens (tertiary/aromatic N) is 2. The van der Waals surface area contributed by atoms with Gasteiger partial charge in [-0.15, -0.1) is 0 Å². The Kier molecular flexibility index (Phi) is 3.38. The molecule has 0 atom stereocenters. The van der Waals surface area contributed by atoms with Gasteiger partial charge >= 0.3 is 0 Å². The fourth-order valence-electron chi connectivity index (χ4n) is 2.39. The molecule has 0 bridgehead atoms. The molecule has 0 unspecified atom stereocenters. The quantitative estimate of drug-likeness (QED) is 0.791. The summed E-state index contributed by atoms with van der Waals surface area (Å²) in [7, 11) is 1.58. The number of aromatic nitrogens is 2.